The van der Waals surface area contributed by atoms with Crippen LogP contribution in [0, 0.1) is 0 Å². The summed E-state index contributed by atoms with van der Waals surface area (Å²) in [6.45, 7) is 2.86. The van der Waals surface area contributed by atoms with Crippen molar-refractivity contribution in [2.24, 2.45) is 0 Å². The standard InChI is InChI=1S/C17H15NO3/c1-10(19)18-12-7-8-14-13-5-3-4-6-15(13)17(16(14)9-12)21-11(2)20/h3-9,17H,1-2H3,(H,18,19)/t17-/m0/s1. The van der Waals surface area contributed by atoms with Crippen molar-refractivity contribution < 1.29 is 14.3 Å². The molecule has 0 spiro atoms. The topological polar surface area (TPSA) is 55.4 Å². The van der Waals surface area contributed by atoms with Crippen molar-refractivity contribution in [2.45, 2.75) is 20.0 Å². The van der Waals surface area contributed by atoms with Gasteiger partial charge in [-0.15, -0.1) is 0 Å². The van der Waals surface area contributed by atoms with Crippen LogP contribution in [0.3, 0.4) is 0 Å². The second-order valence-electron chi connectivity index (χ2n) is 5.06. The number of nitrogens with one attached hydrogen (secondary N) is 1. The van der Waals surface area contributed by atoms with Crippen LogP contribution < -0.4 is 5.32 Å². The molecule has 3 rings (SSSR count). The summed E-state index contributed by atoms with van der Waals surface area (Å²) >= 11 is 0. The number of amides is 1. The molecule has 1 aliphatic rings. The summed E-state index contributed by atoms with van der Waals surface area (Å²) in [6, 6.07) is 13.5. The zero-order valence-corrected chi connectivity index (χ0v) is 11.8. The van der Waals surface area contributed by atoms with Gasteiger partial charge in [-0.2, -0.15) is 0 Å². The minimum atomic E-state index is -0.414. The van der Waals surface area contributed by atoms with Crippen LogP contribution in [0.25, 0.3) is 11.1 Å². The molecule has 21 heavy (non-hydrogen) atoms. The van der Waals surface area contributed by atoms with Gasteiger partial charge in [0, 0.05) is 30.7 Å². The summed E-state index contributed by atoms with van der Waals surface area (Å²) in [5.74, 6) is -0.456. The molecule has 106 valence electrons. The third-order valence-corrected chi connectivity index (χ3v) is 3.47. The first kappa shape index (κ1) is 13.4. The predicted molar refractivity (Wildman–Crippen MR) is 79.8 cm³/mol. The molecule has 1 N–H and O–H groups in total. The summed E-state index contributed by atoms with van der Waals surface area (Å²) in [7, 11) is 0. The van der Waals surface area contributed by atoms with E-state index in [2.05, 4.69) is 5.32 Å². The summed E-state index contributed by atoms with van der Waals surface area (Å²) in [5.41, 5.74) is 4.67. The molecule has 0 aromatic heterocycles. The Kier molecular flexibility index (Phi) is 3.22. The molecule has 0 unspecified atom stereocenters. The van der Waals surface area contributed by atoms with Crippen molar-refractivity contribution in [1.29, 1.82) is 0 Å². The van der Waals surface area contributed by atoms with Gasteiger partial charge in [0.15, 0.2) is 6.10 Å². The maximum Gasteiger partial charge on any atom is 0.303 e. The highest BCUT2D eigenvalue weighted by atomic mass is 16.5. The van der Waals surface area contributed by atoms with Crippen LogP contribution in [0.1, 0.15) is 31.1 Å². The van der Waals surface area contributed by atoms with E-state index in [0.29, 0.717) is 5.69 Å². The first-order valence-electron chi connectivity index (χ1n) is 6.74. The van der Waals surface area contributed by atoms with Gasteiger partial charge in [0.05, 0.1) is 0 Å². The Labute approximate surface area is 122 Å². The highest BCUT2D eigenvalue weighted by Crippen LogP contribution is 2.46. The maximum absolute atomic E-state index is 11.4. The lowest BCUT2D eigenvalue weighted by molar-refractivity contribution is -0.144. The lowest BCUT2D eigenvalue weighted by Gasteiger charge is -2.14. The lowest BCUT2D eigenvalue weighted by atomic mass is 10.1. The number of anilines is 1. The van der Waals surface area contributed by atoms with Gasteiger partial charge in [-0.25, -0.2) is 0 Å². The van der Waals surface area contributed by atoms with Crippen LogP contribution in [0.15, 0.2) is 42.5 Å². The molecule has 2 aromatic carbocycles. The number of carbonyl (C=O) groups excluding carboxylic acids is 2. The summed E-state index contributed by atoms with van der Waals surface area (Å²) < 4.78 is 5.47. The van der Waals surface area contributed by atoms with E-state index in [1.54, 1.807) is 0 Å². The lowest BCUT2D eigenvalue weighted by Crippen LogP contribution is -2.09. The Bertz CT molecular complexity index is 737. The van der Waals surface area contributed by atoms with Crippen LogP contribution in [0.2, 0.25) is 0 Å². The zero-order chi connectivity index (χ0) is 15.0. The van der Waals surface area contributed by atoms with Crippen LogP contribution >= 0.6 is 0 Å². The molecule has 0 saturated carbocycles. The highest BCUT2D eigenvalue weighted by molar-refractivity contribution is 5.90. The molecule has 0 bridgehead atoms. The Morgan fingerprint density at radius 3 is 2.43 bits per heavy atom. The van der Waals surface area contributed by atoms with Crippen LogP contribution in [0.4, 0.5) is 5.69 Å². The zero-order valence-electron chi connectivity index (χ0n) is 11.8. The number of hydrogen-bond acceptors (Lipinski definition) is 3. The van der Waals surface area contributed by atoms with Crippen molar-refractivity contribution in [1.82, 2.24) is 0 Å². The molecular formula is C17H15NO3. The van der Waals surface area contributed by atoms with E-state index >= 15 is 0 Å². The summed E-state index contributed by atoms with van der Waals surface area (Å²) in [4.78, 5) is 22.6. The molecule has 4 nitrogen and oxygen atoms in total. The first-order valence-corrected chi connectivity index (χ1v) is 6.74. The van der Waals surface area contributed by atoms with Gasteiger partial charge in [0.1, 0.15) is 0 Å². The largest absolute Gasteiger partial charge is 0.453 e. The number of benzene rings is 2. The van der Waals surface area contributed by atoms with E-state index in [0.717, 1.165) is 22.3 Å². The maximum atomic E-state index is 11.4. The normalized spacial score (nSPS) is 15.0. The SMILES string of the molecule is CC(=O)Nc1ccc2c(c1)[C@@H](OC(C)=O)c1ccccc1-2. The van der Waals surface area contributed by atoms with Gasteiger partial charge in [0.2, 0.25) is 5.91 Å². The molecule has 0 radical (unpaired) electrons. The molecule has 0 fully saturated rings. The van der Waals surface area contributed by atoms with Crippen molar-refractivity contribution in [3.8, 4) is 11.1 Å². The van der Waals surface area contributed by atoms with Crippen molar-refractivity contribution in [2.75, 3.05) is 5.32 Å². The van der Waals surface area contributed by atoms with Gasteiger partial charge in [-0.05, 0) is 23.3 Å². The Morgan fingerprint density at radius 2 is 1.71 bits per heavy atom. The second-order valence-corrected chi connectivity index (χ2v) is 5.06. The molecule has 4 heteroatoms. The molecule has 1 amide bonds. The molecule has 2 aromatic rings. The van der Waals surface area contributed by atoms with Crippen LogP contribution in [0.5, 0.6) is 0 Å². The van der Waals surface area contributed by atoms with E-state index in [-0.39, 0.29) is 11.9 Å². The van der Waals surface area contributed by atoms with Crippen molar-refractivity contribution in [3.63, 3.8) is 0 Å². The fraction of sp³-hybridized carbons (Fsp3) is 0.176. The Morgan fingerprint density at radius 1 is 1.00 bits per heavy atom. The quantitative estimate of drug-likeness (QED) is 0.859. The third kappa shape index (κ3) is 2.40. The monoisotopic (exact) mass is 281 g/mol. The fourth-order valence-corrected chi connectivity index (χ4v) is 2.74. The van der Waals surface area contributed by atoms with Gasteiger partial charge in [-0.1, -0.05) is 30.3 Å². The van der Waals surface area contributed by atoms with E-state index in [1.807, 2.05) is 42.5 Å². The minimum Gasteiger partial charge on any atom is -0.453 e. The average Bonchev–Trinajstić information content (AvgIpc) is 2.72. The number of hydrogen-bond donors (Lipinski definition) is 1. The van der Waals surface area contributed by atoms with Crippen molar-refractivity contribution >= 4 is 17.6 Å². The first-order chi connectivity index (χ1) is 10.1. The predicted octanol–water partition coefficient (Wildman–Crippen LogP) is 3.28. The highest BCUT2D eigenvalue weighted by Gasteiger charge is 2.30. The summed E-state index contributed by atoms with van der Waals surface area (Å²) in [6.07, 6.45) is -0.414. The smallest absolute Gasteiger partial charge is 0.303 e. The number of rotatable bonds is 2. The van der Waals surface area contributed by atoms with E-state index in [4.69, 9.17) is 4.74 Å². The van der Waals surface area contributed by atoms with Gasteiger partial charge < -0.3 is 10.1 Å². The second kappa shape index (κ2) is 5.05. The van der Waals surface area contributed by atoms with Gasteiger partial charge in [-0.3, -0.25) is 9.59 Å². The molecule has 0 saturated heterocycles. The van der Waals surface area contributed by atoms with Crippen molar-refractivity contribution in [3.05, 3.63) is 53.6 Å². The third-order valence-electron chi connectivity index (χ3n) is 3.47. The molecular weight excluding hydrogens is 266 g/mol. The molecule has 0 aliphatic heterocycles. The number of carbonyl (C=O) groups is 2. The van der Waals surface area contributed by atoms with Crippen LogP contribution in [-0.4, -0.2) is 11.9 Å². The van der Waals surface area contributed by atoms with E-state index in [9.17, 15) is 9.59 Å². The Hall–Kier alpha value is -2.62. The fourth-order valence-electron chi connectivity index (χ4n) is 2.74. The minimum absolute atomic E-state index is 0.130. The van der Waals surface area contributed by atoms with E-state index in [1.165, 1.54) is 13.8 Å². The van der Waals surface area contributed by atoms with Gasteiger partial charge in [0.25, 0.3) is 0 Å². The number of esters is 1. The summed E-state index contributed by atoms with van der Waals surface area (Å²) in [5, 5.41) is 2.76. The molecule has 1 aliphatic carbocycles. The van der Waals surface area contributed by atoms with E-state index < -0.39 is 6.10 Å². The average molecular weight is 281 g/mol. The molecule has 0 heterocycles. The molecule has 1 atom stereocenters. The number of ether oxygens (including phenoxy) is 1. The Balaban J connectivity index is 2.11. The number of fused-ring (bicyclic) bond motifs is 3. The van der Waals surface area contributed by atoms with Gasteiger partial charge >= 0.3 is 5.97 Å². The van der Waals surface area contributed by atoms with Crippen LogP contribution in [-0.2, 0) is 14.3 Å².